The predicted octanol–water partition coefficient (Wildman–Crippen LogP) is 16.4. The zero-order valence-corrected chi connectivity index (χ0v) is 55.1. The lowest BCUT2D eigenvalue weighted by molar-refractivity contribution is 0.101. The normalized spacial score (nSPS) is 15.2. The molecule has 3 aromatic heterocycles. The first-order chi connectivity index (χ1) is 45.3. The molecule has 3 amide bonds. The van der Waals surface area contributed by atoms with Crippen LogP contribution in [0.1, 0.15) is 110 Å². The van der Waals surface area contributed by atoms with Crippen LogP contribution in [-0.2, 0) is 13.1 Å². The van der Waals surface area contributed by atoms with Crippen LogP contribution in [0, 0.1) is 13.8 Å². The minimum Gasteiger partial charge on any atom is -0.367 e. The number of pyridine rings is 3. The highest BCUT2D eigenvalue weighted by Crippen LogP contribution is 2.31. The van der Waals surface area contributed by atoms with Gasteiger partial charge < -0.3 is 31.9 Å². The lowest BCUT2D eigenvalue weighted by Crippen LogP contribution is -2.40. The average molecular weight is 1300 g/mol. The Bertz CT molecular complexity index is 3730. The maximum absolute atomic E-state index is 12.9. The van der Waals surface area contributed by atoms with Gasteiger partial charge in [-0.3, -0.25) is 29.1 Å². The smallest absolute Gasteiger partial charge is 0.259 e. The Balaban J connectivity index is 0.000000153. The fraction of sp³-hybridized carbons (Fsp3) is 0.280. The number of aromatic nitrogens is 3. The Labute approximate surface area is 561 Å². The molecule has 0 spiro atoms. The summed E-state index contributed by atoms with van der Waals surface area (Å²) in [6, 6.07) is 61.1. The van der Waals surface area contributed by atoms with E-state index in [4.69, 9.17) is 34.8 Å². The van der Waals surface area contributed by atoms with Gasteiger partial charge in [0.1, 0.15) is 17.5 Å². The second-order valence-corrected chi connectivity index (χ2v) is 25.2. The van der Waals surface area contributed by atoms with E-state index in [0.29, 0.717) is 84.4 Å². The van der Waals surface area contributed by atoms with E-state index in [2.05, 4.69) is 149 Å². The quantitative estimate of drug-likeness (QED) is 0.0481. The van der Waals surface area contributed by atoms with Crippen molar-refractivity contribution < 1.29 is 14.4 Å². The lowest BCUT2D eigenvalue weighted by Gasteiger charge is -2.37. The number of likely N-dealkylation sites (tertiary alicyclic amines) is 3. The van der Waals surface area contributed by atoms with Crippen LogP contribution in [0.3, 0.4) is 0 Å². The molecule has 6 N–H and O–H groups in total. The molecule has 6 heterocycles. The van der Waals surface area contributed by atoms with E-state index in [1.807, 2.05) is 48.5 Å². The number of amides is 3. The van der Waals surface area contributed by atoms with E-state index in [0.717, 1.165) is 90.9 Å². The minimum atomic E-state index is -0.200. The standard InChI is InChI=1S/C27H31ClN4O.2C24H25ClN4O/c1-18-7-4-10-24(19(18)2)20(3)32-15-12-22(13-16-32)30-26-25(11-6-14-29-26)27(33)31-23-9-5-8-21(28)17-23;2*25-19-8-4-9-21(16-19)28-24(30)22-10-5-13-26-23(22)27-20-11-14-29(15-12-20)17-18-6-2-1-3-7-18/h4-11,14,17,20,22H,12-13,15-16H2,1-3H3,(H,29,30)(H,31,33);2*1-10,13,16,20H,11-12,14-15,17H2,(H,26,27)(H,28,30). The fourth-order valence-corrected chi connectivity index (χ4v) is 12.6. The maximum atomic E-state index is 12.9. The number of hydrogen-bond donors (Lipinski definition) is 6. The first-order valence-electron chi connectivity index (χ1n) is 31.9. The van der Waals surface area contributed by atoms with Crippen molar-refractivity contribution in [1.29, 1.82) is 0 Å². The summed E-state index contributed by atoms with van der Waals surface area (Å²) in [6.07, 6.45) is 11.2. The third kappa shape index (κ3) is 19.9. The molecule has 3 aliphatic heterocycles. The van der Waals surface area contributed by atoms with Crippen LogP contribution in [0.5, 0.6) is 0 Å². The molecule has 1 unspecified atom stereocenters. The number of aryl methyl sites for hydroxylation is 1. The Hall–Kier alpha value is -8.67. The van der Waals surface area contributed by atoms with E-state index in [1.54, 1.807) is 91.4 Å². The molecule has 0 saturated carbocycles. The number of piperidine rings is 3. The van der Waals surface area contributed by atoms with Gasteiger partial charge in [-0.25, -0.2) is 15.0 Å². The summed E-state index contributed by atoms with van der Waals surface area (Å²) >= 11 is 18.1. The Morgan fingerprint density at radius 2 is 0.774 bits per heavy atom. The van der Waals surface area contributed by atoms with Gasteiger partial charge in [0.15, 0.2) is 0 Å². The van der Waals surface area contributed by atoms with Crippen molar-refractivity contribution in [3.8, 4) is 0 Å². The Morgan fingerprint density at radius 3 is 1.13 bits per heavy atom. The third-order valence-electron chi connectivity index (χ3n) is 17.3. The number of benzene rings is 6. The molecule has 1 atom stereocenters. The van der Waals surface area contributed by atoms with Crippen LogP contribution in [0.15, 0.2) is 207 Å². The van der Waals surface area contributed by atoms with Crippen molar-refractivity contribution >= 4 is 87.0 Å². The molecule has 12 rings (SSSR count). The second kappa shape index (κ2) is 33.8. The summed E-state index contributed by atoms with van der Waals surface area (Å²) in [5.41, 5.74) is 10.4. The molecule has 0 bridgehead atoms. The number of nitrogens with one attached hydrogen (secondary N) is 6. The molecule has 3 fully saturated rings. The molecular formula is C75H81Cl3N12O3. The molecule has 6 aromatic carbocycles. The molecule has 9 aromatic rings. The number of halogens is 3. The van der Waals surface area contributed by atoms with Gasteiger partial charge in [-0.2, -0.15) is 0 Å². The molecule has 3 aliphatic rings. The van der Waals surface area contributed by atoms with Crippen LogP contribution in [0.25, 0.3) is 0 Å². The van der Waals surface area contributed by atoms with Gasteiger partial charge in [0.2, 0.25) is 0 Å². The molecule has 3 saturated heterocycles. The van der Waals surface area contributed by atoms with Gasteiger partial charge in [-0.05, 0) is 178 Å². The molecular weight excluding hydrogens is 1220 g/mol. The number of carbonyl (C=O) groups excluding carboxylic acids is 3. The SMILES string of the molecule is Cc1cccc(C(C)N2CCC(Nc3ncccc3C(=O)Nc3cccc(Cl)c3)CC2)c1C.O=C(Nc1cccc(Cl)c1)c1cccnc1NC1CCN(Cc2ccccc2)CC1.O=C(Nc1cccc(Cl)c1)c1cccnc1NC1CCN(Cc2ccccc2)CC1. The number of rotatable bonds is 18. The van der Waals surface area contributed by atoms with Gasteiger partial charge in [-0.1, -0.05) is 132 Å². The number of nitrogens with zero attached hydrogens (tertiary/aromatic N) is 6. The van der Waals surface area contributed by atoms with Gasteiger partial charge in [-0.15, -0.1) is 0 Å². The van der Waals surface area contributed by atoms with Crippen LogP contribution in [0.4, 0.5) is 34.5 Å². The zero-order chi connectivity index (χ0) is 64.9. The highest BCUT2D eigenvalue weighted by molar-refractivity contribution is 6.31. The largest absolute Gasteiger partial charge is 0.367 e. The number of hydrogen-bond acceptors (Lipinski definition) is 12. The van der Waals surface area contributed by atoms with Crippen LogP contribution < -0.4 is 31.9 Å². The highest BCUT2D eigenvalue weighted by Gasteiger charge is 2.27. The summed E-state index contributed by atoms with van der Waals surface area (Å²) in [4.78, 5) is 59.3. The topological polar surface area (TPSA) is 172 Å². The zero-order valence-electron chi connectivity index (χ0n) is 52.9. The molecule has 93 heavy (non-hydrogen) atoms. The maximum Gasteiger partial charge on any atom is 0.259 e. The van der Waals surface area contributed by atoms with E-state index in [1.165, 1.54) is 27.8 Å². The van der Waals surface area contributed by atoms with Crippen molar-refractivity contribution in [3.63, 3.8) is 0 Å². The van der Waals surface area contributed by atoms with Crippen LogP contribution in [-0.4, -0.2) is 105 Å². The van der Waals surface area contributed by atoms with E-state index in [9.17, 15) is 14.4 Å². The summed E-state index contributed by atoms with van der Waals surface area (Å²) in [5, 5.41) is 21.0. The molecule has 0 radical (unpaired) electrons. The summed E-state index contributed by atoms with van der Waals surface area (Å²) in [6.45, 7) is 14.7. The van der Waals surface area contributed by atoms with Crippen molar-refractivity contribution in [2.75, 3.05) is 71.2 Å². The third-order valence-corrected chi connectivity index (χ3v) is 18.0. The first-order valence-corrected chi connectivity index (χ1v) is 33.1. The highest BCUT2D eigenvalue weighted by atomic mass is 35.5. The Kier molecular flexibility index (Phi) is 24.4. The first kappa shape index (κ1) is 67.2. The summed E-state index contributed by atoms with van der Waals surface area (Å²) in [7, 11) is 0. The predicted molar refractivity (Wildman–Crippen MR) is 380 cm³/mol. The van der Waals surface area contributed by atoms with Gasteiger partial charge in [0, 0.05) is 127 Å². The molecule has 0 aliphatic carbocycles. The van der Waals surface area contributed by atoms with Gasteiger partial charge >= 0.3 is 0 Å². The minimum absolute atomic E-state index is 0.200. The summed E-state index contributed by atoms with van der Waals surface area (Å²) < 4.78 is 0. The van der Waals surface area contributed by atoms with Gasteiger partial charge in [0.25, 0.3) is 17.7 Å². The average Bonchev–Trinajstić information content (AvgIpc) is 1.19. The Morgan fingerprint density at radius 1 is 0.430 bits per heavy atom. The molecule has 480 valence electrons. The van der Waals surface area contributed by atoms with Crippen molar-refractivity contribution in [1.82, 2.24) is 29.7 Å². The number of anilines is 6. The van der Waals surface area contributed by atoms with Crippen molar-refractivity contribution in [2.45, 2.75) is 96.6 Å². The summed E-state index contributed by atoms with van der Waals surface area (Å²) in [5.74, 6) is 1.27. The van der Waals surface area contributed by atoms with Crippen molar-refractivity contribution in [3.05, 3.63) is 266 Å². The monoisotopic (exact) mass is 1300 g/mol. The van der Waals surface area contributed by atoms with Crippen LogP contribution >= 0.6 is 34.8 Å². The second-order valence-electron chi connectivity index (χ2n) is 23.9. The fourth-order valence-electron chi connectivity index (χ4n) is 12.0. The van der Waals surface area contributed by atoms with Crippen molar-refractivity contribution in [2.24, 2.45) is 0 Å². The van der Waals surface area contributed by atoms with Crippen LogP contribution in [0.2, 0.25) is 15.1 Å². The lowest BCUT2D eigenvalue weighted by atomic mass is 9.95. The van der Waals surface area contributed by atoms with Gasteiger partial charge in [0.05, 0.1) is 16.7 Å². The van der Waals surface area contributed by atoms with E-state index < -0.39 is 0 Å². The molecule has 18 heteroatoms. The number of carbonyl (C=O) groups is 3. The van der Waals surface area contributed by atoms with E-state index in [-0.39, 0.29) is 23.8 Å². The van der Waals surface area contributed by atoms with E-state index >= 15 is 0 Å². The molecule has 15 nitrogen and oxygen atoms in total.